The SMILES string of the molecule is C1CNCCN1.c1cscn1. The molecule has 2 N–H and O–H groups in total. The van der Waals surface area contributed by atoms with Crippen LogP contribution >= 0.6 is 11.3 Å². The number of rotatable bonds is 0. The molecule has 0 amide bonds. The molecular formula is C7H13N3S. The van der Waals surface area contributed by atoms with Gasteiger partial charge in [-0.25, -0.2) is 0 Å². The highest BCUT2D eigenvalue weighted by atomic mass is 32.1. The second kappa shape index (κ2) is 6.27. The van der Waals surface area contributed by atoms with E-state index in [-0.39, 0.29) is 0 Å². The van der Waals surface area contributed by atoms with Crippen LogP contribution in [0.15, 0.2) is 17.1 Å². The molecular weight excluding hydrogens is 158 g/mol. The highest BCUT2D eigenvalue weighted by molar-refractivity contribution is 7.07. The Morgan fingerprint density at radius 1 is 1.09 bits per heavy atom. The molecule has 3 nitrogen and oxygen atoms in total. The van der Waals surface area contributed by atoms with Crippen molar-refractivity contribution in [1.82, 2.24) is 15.6 Å². The van der Waals surface area contributed by atoms with E-state index in [1.807, 2.05) is 5.38 Å². The molecule has 2 rings (SSSR count). The van der Waals surface area contributed by atoms with E-state index >= 15 is 0 Å². The largest absolute Gasteiger partial charge is 0.314 e. The average molecular weight is 171 g/mol. The summed E-state index contributed by atoms with van der Waals surface area (Å²) in [5.74, 6) is 0. The quantitative estimate of drug-likeness (QED) is 0.590. The second-order valence-corrected chi connectivity index (χ2v) is 2.93. The fourth-order valence-electron chi connectivity index (χ4n) is 0.779. The van der Waals surface area contributed by atoms with E-state index in [2.05, 4.69) is 15.6 Å². The number of nitrogens with one attached hydrogen (secondary N) is 2. The summed E-state index contributed by atoms with van der Waals surface area (Å²) in [5, 5.41) is 8.38. The third-order valence-corrected chi connectivity index (χ3v) is 1.83. The zero-order valence-electron chi connectivity index (χ0n) is 6.42. The topological polar surface area (TPSA) is 37.0 Å². The molecule has 0 atom stereocenters. The van der Waals surface area contributed by atoms with Crippen LogP contribution in [0.1, 0.15) is 0 Å². The van der Waals surface area contributed by atoms with Gasteiger partial charge in [-0.2, -0.15) is 0 Å². The molecule has 1 fully saturated rings. The number of aromatic nitrogens is 1. The molecule has 62 valence electrons. The van der Waals surface area contributed by atoms with Gasteiger partial charge < -0.3 is 10.6 Å². The maximum atomic E-state index is 3.74. The van der Waals surface area contributed by atoms with Gasteiger partial charge >= 0.3 is 0 Å². The predicted molar refractivity (Wildman–Crippen MR) is 47.9 cm³/mol. The molecule has 0 aliphatic carbocycles. The first-order valence-electron chi connectivity index (χ1n) is 3.74. The Bertz CT molecular complexity index is 120. The zero-order valence-corrected chi connectivity index (χ0v) is 7.23. The normalized spacial score (nSPS) is 16.7. The molecule has 0 radical (unpaired) electrons. The molecule has 4 heteroatoms. The lowest BCUT2D eigenvalue weighted by atomic mass is 10.4. The fourth-order valence-corrected chi connectivity index (χ4v) is 1.13. The molecule has 1 saturated heterocycles. The van der Waals surface area contributed by atoms with E-state index in [0.29, 0.717) is 0 Å². The van der Waals surface area contributed by atoms with Crippen molar-refractivity contribution in [1.29, 1.82) is 0 Å². The Labute approximate surface area is 70.9 Å². The van der Waals surface area contributed by atoms with Crippen LogP contribution in [0, 0.1) is 0 Å². The monoisotopic (exact) mass is 171 g/mol. The average Bonchev–Trinajstić information content (AvgIpc) is 2.64. The van der Waals surface area contributed by atoms with E-state index in [1.54, 1.807) is 23.0 Å². The van der Waals surface area contributed by atoms with Crippen LogP contribution in [0.2, 0.25) is 0 Å². The summed E-state index contributed by atoms with van der Waals surface area (Å²) >= 11 is 1.60. The van der Waals surface area contributed by atoms with E-state index in [0.717, 1.165) is 26.2 Å². The van der Waals surface area contributed by atoms with Gasteiger partial charge in [-0.1, -0.05) is 0 Å². The summed E-state index contributed by atoms with van der Waals surface area (Å²) in [6.07, 6.45) is 1.77. The molecule has 11 heavy (non-hydrogen) atoms. The van der Waals surface area contributed by atoms with E-state index in [1.165, 1.54) is 0 Å². The van der Waals surface area contributed by atoms with E-state index < -0.39 is 0 Å². The first kappa shape index (κ1) is 8.64. The lowest BCUT2D eigenvalue weighted by Crippen LogP contribution is -2.39. The number of thiazole rings is 1. The molecule has 0 unspecified atom stereocenters. The first-order chi connectivity index (χ1) is 5.50. The summed E-state index contributed by atoms with van der Waals surface area (Å²) < 4.78 is 0. The molecule has 2 heterocycles. The molecule has 1 aliphatic rings. The van der Waals surface area contributed by atoms with Crippen molar-refractivity contribution in [3.05, 3.63) is 17.1 Å². The van der Waals surface area contributed by atoms with Crippen LogP contribution in [0.3, 0.4) is 0 Å². The van der Waals surface area contributed by atoms with Crippen molar-refractivity contribution in [2.45, 2.75) is 0 Å². The van der Waals surface area contributed by atoms with Gasteiger partial charge in [-0.3, -0.25) is 4.98 Å². The molecule has 1 aromatic rings. The zero-order chi connectivity index (χ0) is 7.78. The van der Waals surface area contributed by atoms with Crippen LogP contribution < -0.4 is 10.6 Å². The van der Waals surface area contributed by atoms with Crippen LogP contribution in [0.5, 0.6) is 0 Å². The Hall–Kier alpha value is -0.450. The summed E-state index contributed by atoms with van der Waals surface area (Å²) in [6.45, 7) is 4.56. The summed E-state index contributed by atoms with van der Waals surface area (Å²) in [7, 11) is 0. The van der Waals surface area contributed by atoms with Crippen molar-refractivity contribution in [2.75, 3.05) is 26.2 Å². The summed E-state index contributed by atoms with van der Waals surface area (Å²) in [6, 6.07) is 0. The molecule has 0 bridgehead atoms. The third kappa shape index (κ3) is 4.89. The predicted octanol–water partition coefficient (Wildman–Crippen LogP) is 0.322. The Morgan fingerprint density at radius 3 is 1.91 bits per heavy atom. The lowest BCUT2D eigenvalue weighted by Gasteiger charge is -2.11. The van der Waals surface area contributed by atoms with Gasteiger partial charge in [0.05, 0.1) is 5.51 Å². The van der Waals surface area contributed by atoms with Gasteiger partial charge in [-0.15, -0.1) is 11.3 Å². The third-order valence-electron chi connectivity index (χ3n) is 1.30. The first-order valence-corrected chi connectivity index (χ1v) is 4.68. The minimum atomic E-state index is 1.14. The van der Waals surface area contributed by atoms with E-state index in [9.17, 15) is 0 Å². The minimum absolute atomic E-state index is 1.14. The smallest absolute Gasteiger partial charge is 0.0791 e. The summed E-state index contributed by atoms with van der Waals surface area (Å²) in [5.41, 5.74) is 1.79. The van der Waals surface area contributed by atoms with Crippen molar-refractivity contribution in [3.63, 3.8) is 0 Å². The number of hydrogen-bond acceptors (Lipinski definition) is 4. The maximum Gasteiger partial charge on any atom is 0.0791 e. The van der Waals surface area contributed by atoms with Crippen molar-refractivity contribution in [3.8, 4) is 0 Å². The Balaban J connectivity index is 0.000000112. The van der Waals surface area contributed by atoms with Crippen LogP contribution in [0.25, 0.3) is 0 Å². The minimum Gasteiger partial charge on any atom is -0.314 e. The van der Waals surface area contributed by atoms with Gasteiger partial charge in [0.15, 0.2) is 0 Å². The van der Waals surface area contributed by atoms with Crippen LogP contribution in [-0.2, 0) is 0 Å². The maximum absolute atomic E-state index is 3.74. The van der Waals surface area contributed by atoms with Crippen molar-refractivity contribution < 1.29 is 0 Å². The second-order valence-electron chi connectivity index (χ2n) is 2.18. The standard InChI is InChI=1S/C4H10N2.C3H3NS/c1-2-6-4-3-5-1;1-2-5-3-4-1/h5-6H,1-4H2;1-3H. The van der Waals surface area contributed by atoms with Gasteiger partial charge in [0.1, 0.15) is 0 Å². The molecule has 0 saturated carbocycles. The van der Waals surface area contributed by atoms with Gasteiger partial charge in [0, 0.05) is 37.8 Å². The fraction of sp³-hybridized carbons (Fsp3) is 0.571. The lowest BCUT2D eigenvalue weighted by molar-refractivity contribution is 0.534. The van der Waals surface area contributed by atoms with E-state index in [4.69, 9.17) is 0 Å². The van der Waals surface area contributed by atoms with Gasteiger partial charge in [0.25, 0.3) is 0 Å². The molecule has 0 spiro atoms. The molecule has 1 aliphatic heterocycles. The van der Waals surface area contributed by atoms with Crippen LogP contribution in [-0.4, -0.2) is 31.2 Å². The highest BCUT2D eigenvalue weighted by Crippen LogP contribution is 1.85. The van der Waals surface area contributed by atoms with Gasteiger partial charge in [-0.05, 0) is 0 Å². The van der Waals surface area contributed by atoms with Crippen molar-refractivity contribution >= 4 is 11.3 Å². The summed E-state index contributed by atoms with van der Waals surface area (Å²) in [4.78, 5) is 3.74. The highest BCUT2D eigenvalue weighted by Gasteiger charge is 1.91. The molecule has 1 aromatic heterocycles. The Kier molecular flexibility index (Phi) is 4.93. The van der Waals surface area contributed by atoms with Crippen molar-refractivity contribution in [2.24, 2.45) is 0 Å². The number of hydrogen-bond donors (Lipinski definition) is 2. The number of nitrogens with zero attached hydrogens (tertiary/aromatic N) is 1. The molecule has 0 aromatic carbocycles. The van der Waals surface area contributed by atoms with Gasteiger partial charge in [0.2, 0.25) is 0 Å². The number of piperazine rings is 1. The van der Waals surface area contributed by atoms with Crippen LogP contribution in [0.4, 0.5) is 0 Å². The Morgan fingerprint density at radius 2 is 1.73 bits per heavy atom.